The smallest absolute Gasteiger partial charge is 0.397 e. The van der Waals surface area contributed by atoms with Crippen LogP contribution in [-0.4, -0.2) is 117 Å². The molecule has 0 aliphatic carbocycles. The Kier molecular flexibility index (Phi) is 14.0. The van der Waals surface area contributed by atoms with E-state index < -0.39 is 109 Å². The van der Waals surface area contributed by atoms with Crippen molar-refractivity contribution in [3.63, 3.8) is 0 Å². The molecule has 55 heavy (non-hydrogen) atoms. The minimum Gasteiger partial charge on any atom is -0.505 e. The topological polar surface area (TPSA) is 360 Å². The minimum absolute atomic E-state index is 0.270. The number of carboxylic acid groups (broad SMARTS) is 1. The first-order valence-corrected chi connectivity index (χ1v) is 20.4. The minimum atomic E-state index is -4.95. The van der Waals surface area contributed by atoms with Crippen LogP contribution in [0.5, 0.6) is 34.5 Å². The summed E-state index contributed by atoms with van der Waals surface area (Å²) in [6.45, 7) is -1.92. The molecular weight excluding hydrogens is 829 g/mol. The third-order valence-corrected chi connectivity index (χ3v) is 11.1. The molecule has 0 atom stereocenters. The summed E-state index contributed by atoms with van der Waals surface area (Å²) in [5.74, 6) is -6.94. The summed E-state index contributed by atoms with van der Waals surface area (Å²) >= 11 is 0. The van der Waals surface area contributed by atoms with E-state index in [2.05, 4.69) is 28.8 Å². The number of rotatable bonds is 19. The summed E-state index contributed by atoms with van der Waals surface area (Å²) < 4.78 is 141. The Morgan fingerprint density at radius 3 is 1.31 bits per heavy atom. The maximum absolute atomic E-state index is 12.9. The summed E-state index contributed by atoms with van der Waals surface area (Å²) in [6, 6.07) is 4.46. The molecule has 0 amide bonds. The highest BCUT2D eigenvalue weighted by Gasteiger charge is 2.27. The lowest BCUT2D eigenvalue weighted by Gasteiger charge is -2.13. The van der Waals surface area contributed by atoms with Gasteiger partial charge in [0.15, 0.2) is 31.1 Å². The van der Waals surface area contributed by atoms with Crippen molar-refractivity contribution in [3.8, 4) is 34.5 Å². The Bertz CT molecular complexity index is 2470. The predicted molar refractivity (Wildman–Crippen MR) is 183 cm³/mol. The second-order valence-corrected chi connectivity index (χ2v) is 16.5. The van der Waals surface area contributed by atoms with E-state index in [9.17, 15) is 53.8 Å². The molecule has 0 radical (unpaired) electrons. The number of carboxylic acids is 1. The number of nitrogens with zero attached hydrogens (tertiary/aromatic N) is 4. The summed E-state index contributed by atoms with van der Waals surface area (Å²) in [5.41, 5.74) is -2.97. The van der Waals surface area contributed by atoms with Gasteiger partial charge in [0.2, 0.25) is 0 Å². The van der Waals surface area contributed by atoms with Gasteiger partial charge in [-0.3, -0.25) is 9.11 Å². The fraction of sp³-hybridized carbons (Fsp3) is 0.296. The van der Waals surface area contributed by atoms with E-state index >= 15 is 0 Å². The van der Waals surface area contributed by atoms with Crippen LogP contribution < -0.4 is 18.9 Å². The first kappa shape index (κ1) is 44.2. The molecule has 24 nitrogen and oxygen atoms in total. The van der Waals surface area contributed by atoms with Crippen molar-refractivity contribution >= 4 is 69.2 Å². The number of methoxy groups -OCH3 is 4. The SMILES string of the molecule is COc1cc(S(=O)(=O)CCOS(=O)(=O)O)c(OC)cc1N=Nc1c(O)cc(C(=O)O)c(N=Nc2cc(OC)c(S(=O)(=O)CCOS(=O)(=O)O)cc2OC)c1O. The highest BCUT2D eigenvalue weighted by Crippen LogP contribution is 2.48. The largest absolute Gasteiger partial charge is 0.505 e. The summed E-state index contributed by atoms with van der Waals surface area (Å²) in [5, 5.41) is 46.6. The van der Waals surface area contributed by atoms with Crippen molar-refractivity contribution in [1.82, 2.24) is 0 Å². The Balaban J connectivity index is 2.10. The number of ether oxygens (including phenoxy) is 4. The molecule has 0 aromatic heterocycles. The third kappa shape index (κ3) is 11.4. The third-order valence-electron chi connectivity index (χ3n) is 6.74. The average molecular weight is 859 g/mol. The quantitative estimate of drug-likeness (QED) is 0.0854. The van der Waals surface area contributed by atoms with E-state index in [1.165, 1.54) is 0 Å². The Morgan fingerprint density at radius 1 is 0.582 bits per heavy atom. The van der Waals surface area contributed by atoms with E-state index in [0.717, 1.165) is 52.7 Å². The lowest BCUT2D eigenvalue weighted by Crippen LogP contribution is -2.16. The van der Waals surface area contributed by atoms with Crippen LogP contribution in [0.3, 0.4) is 0 Å². The van der Waals surface area contributed by atoms with E-state index in [4.69, 9.17) is 28.1 Å². The van der Waals surface area contributed by atoms with Crippen molar-refractivity contribution in [2.75, 3.05) is 53.2 Å². The number of azo groups is 2. The van der Waals surface area contributed by atoms with Crippen molar-refractivity contribution in [3.05, 3.63) is 35.9 Å². The van der Waals surface area contributed by atoms with Crippen LogP contribution in [0.25, 0.3) is 0 Å². The Hall–Kier alpha value is -5.23. The van der Waals surface area contributed by atoms with Gasteiger partial charge >= 0.3 is 26.8 Å². The maximum Gasteiger partial charge on any atom is 0.397 e. The zero-order valence-corrected chi connectivity index (χ0v) is 31.8. The summed E-state index contributed by atoms with van der Waals surface area (Å²) in [4.78, 5) is 11.0. The second-order valence-electron chi connectivity index (χ2n) is 10.2. The van der Waals surface area contributed by atoms with Gasteiger partial charge in [0.05, 0.1) is 58.7 Å². The lowest BCUT2D eigenvalue weighted by molar-refractivity contribution is 0.0696. The number of sulfone groups is 2. The normalized spacial score (nSPS) is 12.6. The molecule has 3 aromatic carbocycles. The fourth-order valence-electron chi connectivity index (χ4n) is 4.27. The number of aromatic carboxylic acids is 1. The van der Waals surface area contributed by atoms with Crippen LogP contribution in [-0.2, 0) is 48.8 Å². The molecule has 3 rings (SSSR count). The number of hydrogen-bond acceptors (Lipinski definition) is 21. The first-order chi connectivity index (χ1) is 25.5. The van der Waals surface area contributed by atoms with Gasteiger partial charge in [-0.05, 0) is 6.07 Å². The molecule has 0 heterocycles. The number of aromatic hydroxyl groups is 2. The Labute approximate surface area is 312 Å². The highest BCUT2D eigenvalue weighted by atomic mass is 32.3. The Morgan fingerprint density at radius 2 is 0.964 bits per heavy atom. The number of carbonyl (C=O) groups is 1. The monoisotopic (exact) mass is 858 g/mol. The van der Waals surface area contributed by atoms with Crippen molar-refractivity contribution in [1.29, 1.82) is 0 Å². The zero-order valence-electron chi connectivity index (χ0n) is 28.5. The van der Waals surface area contributed by atoms with Crippen molar-refractivity contribution in [2.24, 2.45) is 20.5 Å². The molecule has 3 aromatic rings. The molecule has 302 valence electrons. The lowest BCUT2D eigenvalue weighted by atomic mass is 10.1. The van der Waals surface area contributed by atoms with Gasteiger partial charge in [0.25, 0.3) is 0 Å². The highest BCUT2D eigenvalue weighted by molar-refractivity contribution is 7.92. The van der Waals surface area contributed by atoms with Gasteiger partial charge in [-0.25, -0.2) is 30.0 Å². The first-order valence-electron chi connectivity index (χ1n) is 14.4. The van der Waals surface area contributed by atoms with Gasteiger partial charge in [-0.2, -0.15) is 16.8 Å². The molecule has 28 heteroatoms. The van der Waals surface area contributed by atoms with Crippen LogP contribution in [0.1, 0.15) is 10.4 Å². The van der Waals surface area contributed by atoms with Crippen molar-refractivity contribution < 1.29 is 90.2 Å². The molecule has 0 aliphatic rings. The van der Waals surface area contributed by atoms with Crippen LogP contribution in [0.2, 0.25) is 0 Å². The van der Waals surface area contributed by atoms with Crippen LogP contribution in [0.15, 0.2) is 60.6 Å². The van der Waals surface area contributed by atoms with Crippen LogP contribution in [0.4, 0.5) is 22.7 Å². The molecule has 0 bridgehead atoms. The molecule has 0 unspecified atom stereocenters. The fourth-order valence-corrected chi connectivity index (χ4v) is 7.59. The number of phenols is 2. The van der Waals surface area contributed by atoms with Crippen LogP contribution in [0, 0.1) is 0 Å². The number of phenolic OH excluding ortho intramolecular Hbond substituents is 2. The maximum atomic E-state index is 12.9. The van der Waals surface area contributed by atoms with Gasteiger partial charge in [0.1, 0.15) is 55.6 Å². The van der Waals surface area contributed by atoms with Gasteiger partial charge in [-0.1, -0.05) is 0 Å². The predicted octanol–water partition coefficient (Wildman–Crippen LogP) is 2.85. The van der Waals surface area contributed by atoms with Gasteiger partial charge in [-0.15, -0.1) is 20.5 Å². The van der Waals surface area contributed by atoms with E-state index in [-0.39, 0.29) is 34.4 Å². The molecule has 0 aliphatic heterocycles. The zero-order chi connectivity index (χ0) is 41.5. The van der Waals surface area contributed by atoms with Crippen LogP contribution >= 0.6 is 0 Å². The number of benzene rings is 3. The molecule has 0 saturated heterocycles. The average Bonchev–Trinajstić information content (AvgIpc) is 3.08. The standard InChI is InChI=1S/C27H30N4O20S4/c1-46-18-12-22(52(36,37)7-5-50-54(40,41)42)20(48-3)10-15(18)28-30-24-14(27(34)35)9-17(32)25(26(24)33)31-29-16-11-21(49-4)23(13-19(16)47-2)53(38,39)8-6-51-55(43,44)45/h9-13,32-33H,5-8H2,1-4H3,(H,34,35)(H,40,41,42)(H,43,44,45). The van der Waals surface area contributed by atoms with Crippen molar-refractivity contribution in [2.45, 2.75) is 9.79 Å². The van der Waals surface area contributed by atoms with Gasteiger partial charge < -0.3 is 34.3 Å². The van der Waals surface area contributed by atoms with E-state index in [0.29, 0.717) is 6.07 Å². The molecular formula is C27H30N4O20S4. The molecule has 0 saturated carbocycles. The molecule has 0 spiro atoms. The summed E-state index contributed by atoms with van der Waals surface area (Å²) in [7, 11) is -14.2. The molecule has 0 fully saturated rings. The van der Waals surface area contributed by atoms with Gasteiger partial charge in [0, 0.05) is 24.3 Å². The van der Waals surface area contributed by atoms with E-state index in [1.54, 1.807) is 0 Å². The second kappa shape index (κ2) is 17.5. The van der Waals surface area contributed by atoms with E-state index in [1.807, 2.05) is 0 Å². The summed E-state index contributed by atoms with van der Waals surface area (Å²) in [6.07, 6.45) is 0. The number of hydrogen-bond donors (Lipinski definition) is 5. The molecule has 5 N–H and O–H groups in total.